The molecule has 0 radical (unpaired) electrons. The lowest BCUT2D eigenvalue weighted by Crippen LogP contribution is -2.33. The minimum absolute atomic E-state index is 0.0546. The van der Waals surface area contributed by atoms with E-state index in [1.54, 1.807) is 0 Å². The molecule has 0 aromatic heterocycles. The van der Waals surface area contributed by atoms with Crippen LogP contribution in [0.5, 0.6) is 0 Å². The van der Waals surface area contributed by atoms with Crippen molar-refractivity contribution < 1.29 is 14.3 Å². The largest absolute Gasteiger partial charge is 0.465 e. The van der Waals surface area contributed by atoms with Crippen molar-refractivity contribution in [3.63, 3.8) is 0 Å². The summed E-state index contributed by atoms with van der Waals surface area (Å²) in [6.07, 6.45) is 0.312. The Morgan fingerprint density at radius 2 is 1.56 bits per heavy atom. The van der Waals surface area contributed by atoms with E-state index in [4.69, 9.17) is 10.5 Å². The van der Waals surface area contributed by atoms with E-state index in [1.807, 2.05) is 41.5 Å². The van der Waals surface area contributed by atoms with E-state index in [9.17, 15) is 9.59 Å². The van der Waals surface area contributed by atoms with E-state index < -0.39 is 11.5 Å². The first-order valence-corrected chi connectivity index (χ1v) is 6.36. The lowest BCUT2D eigenvalue weighted by atomic mass is 9.87. The normalized spacial score (nSPS) is 14.2. The molecule has 4 nitrogen and oxygen atoms in total. The van der Waals surface area contributed by atoms with E-state index in [0.29, 0.717) is 6.61 Å². The molecule has 0 saturated carbocycles. The smallest absolute Gasteiger partial charge is 0.307 e. The van der Waals surface area contributed by atoms with Crippen LogP contribution in [0.25, 0.3) is 0 Å². The Bertz CT molecular complexity index is 297. The van der Waals surface area contributed by atoms with Gasteiger partial charge >= 0.3 is 5.97 Å². The van der Waals surface area contributed by atoms with Crippen LogP contribution in [0, 0.1) is 10.8 Å². The van der Waals surface area contributed by atoms with Gasteiger partial charge in [-0.05, 0) is 5.41 Å². The van der Waals surface area contributed by atoms with Crippen LogP contribution in [-0.4, -0.2) is 24.4 Å². The van der Waals surface area contributed by atoms with Crippen LogP contribution < -0.4 is 5.73 Å². The van der Waals surface area contributed by atoms with Crippen molar-refractivity contribution >= 4 is 11.8 Å². The van der Waals surface area contributed by atoms with Gasteiger partial charge in [0, 0.05) is 17.9 Å². The van der Waals surface area contributed by atoms with Crippen molar-refractivity contribution in [1.82, 2.24) is 0 Å². The van der Waals surface area contributed by atoms with Crippen LogP contribution in [0.3, 0.4) is 0 Å². The second kappa shape index (κ2) is 6.32. The molecular formula is C14H27NO3. The maximum atomic E-state index is 11.7. The van der Waals surface area contributed by atoms with Gasteiger partial charge < -0.3 is 10.5 Å². The topological polar surface area (TPSA) is 69.4 Å². The fraction of sp³-hybridized carbons (Fsp3) is 0.857. The first kappa shape index (κ1) is 17.1. The third-order valence-corrected chi connectivity index (χ3v) is 2.38. The highest BCUT2D eigenvalue weighted by Gasteiger charge is 2.24. The van der Waals surface area contributed by atoms with Gasteiger partial charge in [0.2, 0.25) is 0 Å². The monoisotopic (exact) mass is 257 g/mol. The highest BCUT2D eigenvalue weighted by molar-refractivity contribution is 5.84. The van der Waals surface area contributed by atoms with E-state index in [1.165, 1.54) is 0 Å². The Hall–Kier alpha value is -0.900. The molecule has 0 fully saturated rings. The second-order valence-corrected chi connectivity index (χ2v) is 7.06. The Kier molecular flexibility index (Phi) is 6.00. The molecule has 0 spiro atoms. The van der Waals surface area contributed by atoms with E-state index in [0.717, 1.165) is 0 Å². The minimum Gasteiger partial charge on any atom is -0.465 e. The molecular weight excluding hydrogens is 230 g/mol. The molecule has 106 valence electrons. The Morgan fingerprint density at radius 1 is 1.06 bits per heavy atom. The second-order valence-electron chi connectivity index (χ2n) is 7.06. The average molecular weight is 257 g/mol. The van der Waals surface area contributed by atoms with Crippen LogP contribution in [0.15, 0.2) is 0 Å². The number of carbonyl (C=O) groups is 2. The number of hydrogen-bond donors (Lipinski definition) is 1. The zero-order chi connectivity index (χ0) is 14.6. The summed E-state index contributed by atoms with van der Waals surface area (Å²) in [5, 5.41) is 0. The van der Waals surface area contributed by atoms with E-state index in [-0.39, 0.29) is 30.0 Å². The lowest BCUT2D eigenvalue weighted by molar-refractivity contribution is -0.146. The SMILES string of the molecule is CC(C)(C)COC(=O)CC(N)CC(=O)C(C)(C)C. The summed E-state index contributed by atoms with van der Waals surface area (Å²) in [4.78, 5) is 23.3. The fourth-order valence-electron chi connectivity index (χ4n) is 1.19. The Labute approximate surface area is 110 Å². The third-order valence-electron chi connectivity index (χ3n) is 2.38. The number of hydrogen-bond acceptors (Lipinski definition) is 4. The van der Waals surface area contributed by atoms with Gasteiger partial charge in [-0.25, -0.2) is 0 Å². The third kappa shape index (κ3) is 8.23. The van der Waals surface area contributed by atoms with Crippen molar-refractivity contribution in [2.24, 2.45) is 16.6 Å². The van der Waals surface area contributed by atoms with E-state index in [2.05, 4.69) is 0 Å². The number of ether oxygens (including phenoxy) is 1. The van der Waals surface area contributed by atoms with Gasteiger partial charge in [0.25, 0.3) is 0 Å². The molecule has 0 saturated heterocycles. The summed E-state index contributed by atoms with van der Waals surface area (Å²) in [5.41, 5.74) is 5.33. The quantitative estimate of drug-likeness (QED) is 0.767. The van der Waals surface area contributed by atoms with Crippen LogP contribution in [0.1, 0.15) is 54.4 Å². The average Bonchev–Trinajstić information content (AvgIpc) is 2.11. The number of Topliss-reactive ketones (excluding diaryl/α,β-unsaturated/α-hetero) is 1. The summed E-state index contributed by atoms with van der Waals surface area (Å²) in [5.74, 6) is -0.266. The predicted molar refractivity (Wildman–Crippen MR) is 72.1 cm³/mol. The van der Waals surface area contributed by atoms with E-state index >= 15 is 0 Å². The zero-order valence-corrected chi connectivity index (χ0v) is 12.5. The summed E-state index contributed by atoms with van der Waals surface area (Å²) >= 11 is 0. The van der Waals surface area contributed by atoms with Gasteiger partial charge in [0.1, 0.15) is 5.78 Å². The van der Waals surface area contributed by atoms with Crippen molar-refractivity contribution in [1.29, 1.82) is 0 Å². The molecule has 2 N–H and O–H groups in total. The maximum absolute atomic E-state index is 11.7. The maximum Gasteiger partial charge on any atom is 0.307 e. The van der Waals surface area contributed by atoms with Gasteiger partial charge in [0.05, 0.1) is 13.0 Å². The highest BCUT2D eigenvalue weighted by Crippen LogP contribution is 2.18. The molecule has 1 atom stereocenters. The van der Waals surface area contributed by atoms with Crippen molar-refractivity contribution in [3.8, 4) is 0 Å². The zero-order valence-electron chi connectivity index (χ0n) is 12.5. The molecule has 0 heterocycles. The number of nitrogens with two attached hydrogens (primary N) is 1. The molecule has 4 heteroatoms. The van der Waals surface area contributed by atoms with Crippen molar-refractivity contribution in [2.75, 3.05) is 6.61 Å². The summed E-state index contributed by atoms with van der Waals surface area (Å²) in [6.45, 7) is 11.9. The number of carbonyl (C=O) groups excluding carboxylic acids is 2. The van der Waals surface area contributed by atoms with Gasteiger partial charge in [0.15, 0.2) is 0 Å². The number of esters is 1. The van der Waals surface area contributed by atoms with Crippen LogP contribution >= 0.6 is 0 Å². The summed E-state index contributed by atoms with van der Waals surface area (Å²) in [6, 6.07) is -0.454. The van der Waals surface area contributed by atoms with Gasteiger partial charge in [-0.15, -0.1) is 0 Å². The molecule has 0 aliphatic rings. The lowest BCUT2D eigenvalue weighted by Gasteiger charge is -2.21. The van der Waals surface area contributed by atoms with Gasteiger partial charge in [-0.1, -0.05) is 41.5 Å². The van der Waals surface area contributed by atoms with Crippen molar-refractivity contribution in [2.45, 2.75) is 60.4 Å². The molecule has 1 unspecified atom stereocenters. The molecule has 0 rings (SSSR count). The Balaban J connectivity index is 4.06. The van der Waals surface area contributed by atoms with Crippen LogP contribution in [0.4, 0.5) is 0 Å². The molecule has 0 aromatic carbocycles. The molecule has 0 bridgehead atoms. The summed E-state index contributed by atoms with van der Waals surface area (Å²) < 4.78 is 5.11. The minimum atomic E-state index is -0.454. The summed E-state index contributed by atoms with van der Waals surface area (Å²) in [7, 11) is 0. The van der Waals surface area contributed by atoms with Crippen molar-refractivity contribution in [3.05, 3.63) is 0 Å². The fourth-order valence-corrected chi connectivity index (χ4v) is 1.19. The number of ketones is 1. The molecule has 0 amide bonds. The first-order chi connectivity index (χ1) is 7.92. The highest BCUT2D eigenvalue weighted by atomic mass is 16.5. The van der Waals surface area contributed by atoms with Crippen LogP contribution in [0.2, 0.25) is 0 Å². The standard InChI is InChI=1S/C14H27NO3/c1-13(2,3)9-18-12(17)8-10(15)7-11(16)14(4,5)6/h10H,7-9,15H2,1-6H3. The molecule has 0 aliphatic carbocycles. The molecule has 0 aliphatic heterocycles. The first-order valence-electron chi connectivity index (χ1n) is 6.36. The van der Waals surface area contributed by atoms with Gasteiger partial charge in [-0.2, -0.15) is 0 Å². The molecule has 0 aromatic rings. The predicted octanol–water partition coefficient (Wildman–Crippen LogP) is 2.30. The molecule has 18 heavy (non-hydrogen) atoms. The Morgan fingerprint density at radius 3 is 1.94 bits per heavy atom. The van der Waals surface area contributed by atoms with Crippen LogP contribution in [-0.2, 0) is 14.3 Å². The number of rotatable bonds is 5. The van der Waals surface area contributed by atoms with Gasteiger partial charge in [-0.3, -0.25) is 9.59 Å².